The maximum absolute atomic E-state index is 10.6. The van der Waals surface area contributed by atoms with Crippen LogP contribution in [0.15, 0.2) is 6.07 Å². The molecule has 1 spiro atoms. The smallest absolute Gasteiger partial charge is 0.0768 e. The molecule has 4 aliphatic rings. The summed E-state index contributed by atoms with van der Waals surface area (Å²) in [7, 11) is 0. The number of nitrogens with zero attached hydrogens (tertiary/aromatic N) is 4. The van der Waals surface area contributed by atoms with Gasteiger partial charge in [-0.05, 0) is 69.6 Å². The number of piperidine rings is 2. The number of hydrogen-bond donors (Lipinski definition) is 2. The van der Waals surface area contributed by atoms with Crippen LogP contribution in [0.5, 0.6) is 0 Å². The van der Waals surface area contributed by atoms with Gasteiger partial charge in [0.2, 0.25) is 0 Å². The van der Waals surface area contributed by atoms with Crippen molar-refractivity contribution in [3.05, 3.63) is 17.5 Å². The molecule has 1 aromatic rings. The number of aromatic nitrogens is 2. The molecule has 1 aromatic heterocycles. The van der Waals surface area contributed by atoms with Crippen LogP contribution in [-0.4, -0.2) is 82.8 Å². The van der Waals surface area contributed by atoms with Crippen molar-refractivity contribution in [2.24, 2.45) is 5.41 Å². The Balaban J connectivity index is 1.18. The van der Waals surface area contributed by atoms with E-state index in [0.717, 1.165) is 91.3 Å². The summed E-state index contributed by atoms with van der Waals surface area (Å²) in [5, 5.41) is 19.0. The van der Waals surface area contributed by atoms with Gasteiger partial charge < -0.3 is 15.2 Å². The fourth-order valence-corrected chi connectivity index (χ4v) is 6.00. The van der Waals surface area contributed by atoms with Gasteiger partial charge in [0.1, 0.15) is 0 Å². The fraction of sp³-hybridized carbons (Fsp3) is 0.864. The normalized spacial score (nSPS) is 29.6. The summed E-state index contributed by atoms with van der Waals surface area (Å²) in [6, 6.07) is 2.89. The monoisotopic (exact) mass is 403 g/mol. The zero-order valence-corrected chi connectivity index (χ0v) is 17.7. The third-order valence-electron chi connectivity index (χ3n) is 7.61. The number of fused-ring (bicyclic) bond motifs is 1. The molecule has 1 atom stereocenters. The van der Waals surface area contributed by atoms with Crippen molar-refractivity contribution in [3.63, 3.8) is 0 Å². The van der Waals surface area contributed by atoms with Crippen LogP contribution in [0.2, 0.25) is 0 Å². The molecule has 3 saturated heterocycles. The summed E-state index contributed by atoms with van der Waals surface area (Å²) in [6.45, 7) is 10.0. The van der Waals surface area contributed by atoms with E-state index in [4.69, 9.17) is 9.84 Å². The number of likely N-dealkylation sites (tertiary alicyclic amines) is 2. The number of hydrogen-bond acceptors (Lipinski definition) is 6. The number of ether oxygens (including phenoxy) is 1. The van der Waals surface area contributed by atoms with Gasteiger partial charge in [-0.15, -0.1) is 0 Å². The Morgan fingerprint density at radius 1 is 1.21 bits per heavy atom. The lowest BCUT2D eigenvalue weighted by Crippen LogP contribution is -2.57. The molecule has 4 aliphatic heterocycles. The van der Waals surface area contributed by atoms with E-state index in [1.165, 1.54) is 24.2 Å². The van der Waals surface area contributed by atoms with Crippen LogP contribution in [0, 0.1) is 5.41 Å². The topological polar surface area (TPSA) is 65.8 Å². The number of nitrogens with one attached hydrogen (secondary N) is 1. The number of β-amino-alcohol motifs (C(OH)–C–C–N with tert-alkyl or cyclic N) is 1. The van der Waals surface area contributed by atoms with Crippen LogP contribution in [0.1, 0.15) is 49.9 Å². The highest BCUT2D eigenvalue weighted by Gasteiger charge is 2.43. The first-order valence-corrected chi connectivity index (χ1v) is 11.7. The van der Waals surface area contributed by atoms with E-state index in [2.05, 4.69) is 25.9 Å². The van der Waals surface area contributed by atoms with Crippen molar-refractivity contribution in [3.8, 4) is 0 Å². The first-order chi connectivity index (χ1) is 14.2. The van der Waals surface area contributed by atoms with Gasteiger partial charge in [-0.1, -0.05) is 0 Å². The van der Waals surface area contributed by atoms with Crippen LogP contribution in [0.25, 0.3) is 0 Å². The second-order valence-electron chi connectivity index (χ2n) is 9.79. The van der Waals surface area contributed by atoms with Gasteiger partial charge >= 0.3 is 0 Å². The third kappa shape index (κ3) is 4.54. The van der Waals surface area contributed by atoms with Crippen LogP contribution in [-0.2, 0) is 24.4 Å². The average Bonchev–Trinajstić information content (AvgIpc) is 2.98. The second-order valence-corrected chi connectivity index (χ2v) is 9.79. The number of aliphatic hydroxyl groups is 1. The Labute approximate surface area is 174 Å². The summed E-state index contributed by atoms with van der Waals surface area (Å²) in [4.78, 5) is 5.16. The van der Waals surface area contributed by atoms with Gasteiger partial charge in [0, 0.05) is 52.0 Å². The van der Waals surface area contributed by atoms with Crippen molar-refractivity contribution in [2.45, 2.75) is 70.3 Å². The SMILES string of the molecule is OC1CN(C2CCOCC2)CC2(CCN(Cc3cc4n(n3)CCCNC4)CC2)C1. The Morgan fingerprint density at radius 2 is 2.03 bits per heavy atom. The first-order valence-electron chi connectivity index (χ1n) is 11.7. The Morgan fingerprint density at radius 3 is 2.86 bits per heavy atom. The molecule has 7 nitrogen and oxygen atoms in total. The number of rotatable bonds is 3. The minimum atomic E-state index is -0.172. The largest absolute Gasteiger partial charge is 0.392 e. The van der Waals surface area contributed by atoms with Crippen molar-refractivity contribution in [1.82, 2.24) is 24.9 Å². The van der Waals surface area contributed by atoms with Gasteiger partial charge in [0.05, 0.1) is 17.5 Å². The van der Waals surface area contributed by atoms with Gasteiger partial charge in [-0.3, -0.25) is 14.5 Å². The van der Waals surface area contributed by atoms with E-state index in [9.17, 15) is 5.11 Å². The molecular weight excluding hydrogens is 366 g/mol. The molecule has 3 fully saturated rings. The second kappa shape index (κ2) is 8.63. The van der Waals surface area contributed by atoms with Crippen molar-refractivity contribution < 1.29 is 9.84 Å². The van der Waals surface area contributed by atoms with E-state index < -0.39 is 0 Å². The quantitative estimate of drug-likeness (QED) is 0.791. The zero-order chi connectivity index (χ0) is 19.7. The molecule has 7 heteroatoms. The molecular formula is C22H37N5O2. The molecule has 5 heterocycles. The number of aliphatic hydroxyl groups excluding tert-OH is 1. The number of aryl methyl sites for hydroxylation is 1. The maximum Gasteiger partial charge on any atom is 0.0768 e. The van der Waals surface area contributed by atoms with Gasteiger partial charge in [0.25, 0.3) is 0 Å². The van der Waals surface area contributed by atoms with Crippen molar-refractivity contribution in [1.29, 1.82) is 0 Å². The predicted molar refractivity (Wildman–Crippen MR) is 112 cm³/mol. The molecule has 5 rings (SSSR count). The third-order valence-corrected chi connectivity index (χ3v) is 7.61. The van der Waals surface area contributed by atoms with E-state index in [-0.39, 0.29) is 6.10 Å². The minimum Gasteiger partial charge on any atom is -0.392 e. The van der Waals surface area contributed by atoms with Crippen LogP contribution >= 0.6 is 0 Å². The molecule has 0 amide bonds. The van der Waals surface area contributed by atoms with Gasteiger partial charge in [0.15, 0.2) is 0 Å². The molecule has 0 bridgehead atoms. The predicted octanol–water partition coefficient (Wildman–Crippen LogP) is 1.20. The summed E-state index contributed by atoms with van der Waals surface area (Å²) in [5.41, 5.74) is 2.84. The van der Waals surface area contributed by atoms with Crippen molar-refractivity contribution in [2.75, 3.05) is 45.9 Å². The lowest BCUT2D eigenvalue weighted by atomic mass is 9.71. The highest BCUT2D eigenvalue weighted by Crippen LogP contribution is 2.41. The minimum absolute atomic E-state index is 0.172. The van der Waals surface area contributed by atoms with E-state index in [0.29, 0.717) is 11.5 Å². The summed E-state index contributed by atoms with van der Waals surface area (Å²) >= 11 is 0. The molecule has 0 radical (unpaired) electrons. The molecule has 29 heavy (non-hydrogen) atoms. The summed E-state index contributed by atoms with van der Waals surface area (Å²) in [6.07, 6.45) is 6.59. The Kier molecular flexibility index (Phi) is 5.94. The van der Waals surface area contributed by atoms with Crippen LogP contribution in [0.4, 0.5) is 0 Å². The van der Waals surface area contributed by atoms with E-state index in [1.807, 2.05) is 0 Å². The maximum atomic E-state index is 10.6. The molecule has 0 aromatic carbocycles. The average molecular weight is 404 g/mol. The summed E-state index contributed by atoms with van der Waals surface area (Å²) < 4.78 is 7.75. The van der Waals surface area contributed by atoms with E-state index >= 15 is 0 Å². The first kappa shape index (κ1) is 19.9. The highest BCUT2D eigenvalue weighted by atomic mass is 16.5. The van der Waals surface area contributed by atoms with E-state index in [1.54, 1.807) is 0 Å². The van der Waals surface area contributed by atoms with Crippen LogP contribution in [0.3, 0.4) is 0 Å². The molecule has 0 aliphatic carbocycles. The van der Waals surface area contributed by atoms with Crippen molar-refractivity contribution >= 4 is 0 Å². The Bertz CT molecular complexity index is 655. The van der Waals surface area contributed by atoms with Gasteiger partial charge in [-0.2, -0.15) is 5.10 Å². The van der Waals surface area contributed by atoms with Crippen LogP contribution < -0.4 is 5.32 Å². The lowest BCUT2D eigenvalue weighted by Gasteiger charge is -2.51. The van der Waals surface area contributed by atoms with Gasteiger partial charge in [-0.25, -0.2) is 0 Å². The molecule has 1 unspecified atom stereocenters. The Hall–Kier alpha value is -0.990. The highest BCUT2D eigenvalue weighted by molar-refractivity contribution is 5.11. The zero-order valence-electron chi connectivity index (χ0n) is 17.7. The standard InChI is InChI=1S/C22H37N5O2/c28-21-13-22(17-26(16-21)19-2-10-29-11-3-19)4-8-25(9-5-22)15-18-12-20-14-23-6-1-7-27(20)24-18/h12,19,21,23,28H,1-11,13-17H2. The molecule has 0 saturated carbocycles. The summed E-state index contributed by atoms with van der Waals surface area (Å²) in [5.74, 6) is 0. The molecule has 2 N–H and O–H groups in total. The lowest BCUT2D eigenvalue weighted by molar-refractivity contribution is -0.0727. The fourth-order valence-electron chi connectivity index (χ4n) is 6.00. The molecule has 162 valence electrons.